The number of amides is 8. The second-order valence-corrected chi connectivity index (χ2v) is 20.4. The normalized spacial score (nSPS) is 14.8. The van der Waals surface area contributed by atoms with E-state index in [-0.39, 0.29) is 55.9 Å². The first-order valence-corrected chi connectivity index (χ1v) is 27.1. The Labute approximate surface area is 463 Å². The lowest BCUT2D eigenvalue weighted by Gasteiger charge is -2.29. The van der Waals surface area contributed by atoms with Gasteiger partial charge in [0.15, 0.2) is 0 Å². The second kappa shape index (κ2) is 30.1. The molecular formula is C55H73N11O10S2. The van der Waals surface area contributed by atoms with Crippen LogP contribution in [0.5, 0.6) is 5.75 Å². The average Bonchev–Trinajstić information content (AvgIpc) is 3.83. The molecule has 78 heavy (non-hydrogen) atoms. The van der Waals surface area contributed by atoms with Crippen molar-refractivity contribution in [2.45, 2.75) is 120 Å². The van der Waals surface area contributed by atoms with Gasteiger partial charge in [0.1, 0.15) is 48.0 Å². The minimum absolute atomic E-state index is 0.0424. The van der Waals surface area contributed by atoms with Crippen molar-refractivity contribution in [1.82, 2.24) is 42.2 Å². The number of benzene rings is 4. The molecule has 0 fully saturated rings. The summed E-state index contributed by atoms with van der Waals surface area (Å²) in [6.07, 6.45) is 1.20. The van der Waals surface area contributed by atoms with E-state index in [0.717, 1.165) is 27.2 Å². The third-order valence-corrected chi connectivity index (χ3v) is 13.8. The van der Waals surface area contributed by atoms with Crippen LogP contribution in [0.25, 0.3) is 21.7 Å². The number of phenols is 1. The number of thiol groups is 2. The van der Waals surface area contributed by atoms with E-state index in [9.17, 15) is 48.6 Å². The molecule has 23 heteroatoms. The predicted octanol–water partition coefficient (Wildman–Crippen LogP) is 0.676. The first kappa shape index (κ1) is 61.7. The van der Waals surface area contributed by atoms with Crippen LogP contribution in [0, 0.1) is 5.92 Å². The summed E-state index contributed by atoms with van der Waals surface area (Å²) in [5.74, 6) is -7.07. The zero-order valence-electron chi connectivity index (χ0n) is 43.9. The number of hydrogen-bond acceptors (Lipinski definition) is 14. The van der Waals surface area contributed by atoms with Gasteiger partial charge < -0.3 is 69.6 Å². The average molecular weight is 1110 g/mol. The highest BCUT2D eigenvalue weighted by Gasteiger charge is 2.36. The SMILES string of the molecule is CC(C)[C@H](NC(=O)[C@H](CCCCN)NC(=O)[C@@H](Cc1c[nH]c2ccccc12)NC(=O)[C@H](Cc1ccc(O)cc1)NC(=O)[C@H](CCS)NC(=O)[C@@H](N)Cc1ccc2ccccc2c1)C(=O)N[C@@H](CS)C(=O)N[C@H](C(N)=O)[C@@H](C)O. The maximum absolute atomic E-state index is 14.8. The summed E-state index contributed by atoms with van der Waals surface area (Å²) in [5.41, 5.74) is 20.3. The first-order chi connectivity index (χ1) is 37.2. The summed E-state index contributed by atoms with van der Waals surface area (Å²) >= 11 is 8.53. The van der Waals surface area contributed by atoms with Crippen LogP contribution in [0.1, 0.15) is 63.1 Å². The highest BCUT2D eigenvalue weighted by atomic mass is 32.1. The molecule has 9 atom stereocenters. The van der Waals surface area contributed by atoms with Crippen LogP contribution in [0.4, 0.5) is 0 Å². The van der Waals surface area contributed by atoms with Crippen LogP contribution in [0.2, 0.25) is 0 Å². The summed E-state index contributed by atoms with van der Waals surface area (Å²) in [5, 5.41) is 41.5. The van der Waals surface area contributed by atoms with Gasteiger partial charge in [-0.1, -0.05) is 86.6 Å². The fourth-order valence-corrected chi connectivity index (χ4v) is 9.22. The monoisotopic (exact) mass is 1110 g/mol. The van der Waals surface area contributed by atoms with E-state index < -0.39 is 108 Å². The highest BCUT2D eigenvalue weighted by Crippen LogP contribution is 2.21. The molecule has 0 unspecified atom stereocenters. The number of para-hydroxylation sites is 1. The number of carbonyl (C=O) groups is 8. The molecule has 1 heterocycles. The van der Waals surface area contributed by atoms with Crippen molar-refractivity contribution in [3.05, 3.63) is 114 Å². The number of nitrogens with two attached hydrogens (primary N) is 3. The Balaban J connectivity index is 1.40. The lowest BCUT2D eigenvalue weighted by Crippen LogP contribution is -2.61. The predicted molar refractivity (Wildman–Crippen MR) is 304 cm³/mol. The number of rotatable bonds is 30. The van der Waals surface area contributed by atoms with Crippen molar-refractivity contribution in [3.8, 4) is 5.75 Å². The summed E-state index contributed by atoms with van der Waals surface area (Å²) in [7, 11) is 0. The van der Waals surface area contributed by atoms with E-state index in [1.165, 1.54) is 19.1 Å². The summed E-state index contributed by atoms with van der Waals surface area (Å²) in [6.45, 7) is 4.82. The summed E-state index contributed by atoms with van der Waals surface area (Å²) < 4.78 is 0. The van der Waals surface area contributed by atoms with Crippen molar-refractivity contribution in [2.75, 3.05) is 18.1 Å². The maximum atomic E-state index is 14.8. The van der Waals surface area contributed by atoms with Crippen LogP contribution in [0.3, 0.4) is 0 Å². The molecule has 16 N–H and O–H groups in total. The van der Waals surface area contributed by atoms with E-state index >= 15 is 0 Å². The highest BCUT2D eigenvalue weighted by molar-refractivity contribution is 7.80. The number of nitrogens with one attached hydrogen (secondary N) is 8. The van der Waals surface area contributed by atoms with Gasteiger partial charge in [0.05, 0.1) is 12.1 Å². The fourth-order valence-electron chi connectivity index (χ4n) is 8.70. The van der Waals surface area contributed by atoms with Crippen molar-refractivity contribution in [2.24, 2.45) is 23.1 Å². The lowest BCUT2D eigenvalue weighted by atomic mass is 9.99. The Hall–Kier alpha value is -7.18. The number of aliphatic hydroxyl groups excluding tert-OH is 1. The number of aromatic hydroxyl groups is 1. The summed E-state index contributed by atoms with van der Waals surface area (Å²) in [4.78, 5) is 114. The Morgan fingerprint density at radius 3 is 1.74 bits per heavy atom. The van der Waals surface area contributed by atoms with Gasteiger partial charge in [0.2, 0.25) is 47.3 Å². The molecule has 0 saturated heterocycles. The molecule has 0 bridgehead atoms. The number of phenolic OH excluding ortho intramolecular Hbond substituents is 1. The standard InChI is InChI=1S/C55H73N11O10S2/c1-30(2)46(55(76)64-45(29-78)54(75)66-47(31(3)67)48(58)69)65-51(72)41(14-8-9-22-56)61-53(74)44(27-36-28-59-40-13-7-6-12-38(36)40)63-52(73)43(26-32-16-19-37(68)20-17-32)62-50(71)42(21-23-77)60-49(70)39(57)25-33-15-18-34-10-4-5-11-35(34)24-33/h4-7,10-13,15-20,24,28,30-31,39,41-47,59,67-68,77-78H,8-9,14,21-23,25-27,29,56-57H2,1-3H3,(H2,58,69)(H,60,70)(H,61,74)(H,62,71)(H,63,73)(H,64,76)(H,65,72)(H,66,75)/t31-,39+,41+,42+,43+,44-,45+,46+,47+/m1/s1. The zero-order valence-corrected chi connectivity index (χ0v) is 45.7. The Morgan fingerprint density at radius 1 is 0.577 bits per heavy atom. The topological polar surface area (TPSA) is 355 Å². The number of H-pyrrole nitrogens is 1. The Bertz CT molecular complexity index is 2870. The smallest absolute Gasteiger partial charge is 0.244 e. The van der Waals surface area contributed by atoms with Gasteiger partial charge in [-0.05, 0) is 103 Å². The third kappa shape index (κ3) is 17.9. The van der Waals surface area contributed by atoms with E-state index in [1.807, 2.05) is 66.7 Å². The van der Waals surface area contributed by atoms with Crippen LogP contribution in [-0.4, -0.2) is 135 Å². The molecule has 5 rings (SSSR count). The molecule has 4 aromatic carbocycles. The first-order valence-electron chi connectivity index (χ1n) is 25.8. The molecule has 1 aromatic heterocycles. The number of hydrogen-bond donors (Lipinski definition) is 15. The Morgan fingerprint density at radius 2 is 1.12 bits per heavy atom. The molecule has 0 aliphatic rings. The van der Waals surface area contributed by atoms with E-state index in [0.29, 0.717) is 24.0 Å². The number of fused-ring (bicyclic) bond motifs is 2. The van der Waals surface area contributed by atoms with E-state index in [4.69, 9.17) is 17.2 Å². The van der Waals surface area contributed by atoms with E-state index in [2.05, 4.69) is 67.5 Å². The van der Waals surface area contributed by atoms with Crippen molar-refractivity contribution in [3.63, 3.8) is 0 Å². The number of primary amides is 1. The molecule has 0 aliphatic carbocycles. The van der Waals surface area contributed by atoms with Crippen molar-refractivity contribution in [1.29, 1.82) is 0 Å². The van der Waals surface area contributed by atoms with Crippen LogP contribution >= 0.6 is 25.3 Å². The molecular weight excluding hydrogens is 1040 g/mol. The Kier molecular flexibility index (Phi) is 23.8. The fraction of sp³-hybridized carbons (Fsp3) is 0.418. The molecule has 0 saturated carbocycles. The van der Waals surface area contributed by atoms with Gasteiger partial charge in [-0.15, -0.1) is 0 Å². The van der Waals surface area contributed by atoms with Crippen molar-refractivity contribution < 1.29 is 48.6 Å². The number of aromatic nitrogens is 1. The van der Waals surface area contributed by atoms with E-state index in [1.54, 1.807) is 32.2 Å². The van der Waals surface area contributed by atoms with Crippen LogP contribution < -0.4 is 54.4 Å². The molecule has 0 radical (unpaired) electrons. The molecule has 0 aliphatic heterocycles. The molecule has 420 valence electrons. The third-order valence-electron chi connectivity index (χ3n) is 13.1. The van der Waals surface area contributed by atoms with Gasteiger partial charge in [-0.2, -0.15) is 25.3 Å². The number of aromatic amines is 1. The number of carbonyl (C=O) groups excluding carboxylic acids is 8. The van der Waals surface area contributed by atoms with Gasteiger partial charge in [-0.3, -0.25) is 38.4 Å². The maximum Gasteiger partial charge on any atom is 0.244 e. The second-order valence-electron chi connectivity index (χ2n) is 19.6. The lowest BCUT2D eigenvalue weighted by molar-refractivity contribution is -0.136. The summed E-state index contributed by atoms with van der Waals surface area (Å²) in [6, 6.07) is 16.4. The minimum atomic E-state index is -1.46. The van der Waals surface area contributed by atoms with Crippen LogP contribution in [0.15, 0.2) is 97.2 Å². The van der Waals surface area contributed by atoms with Gasteiger partial charge in [-0.25, -0.2) is 0 Å². The molecule has 0 spiro atoms. The molecule has 5 aromatic rings. The largest absolute Gasteiger partial charge is 0.508 e. The quantitative estimate of drug-likeness (QED) is 0.0223. The number of aliphatic hydroxyl groups is 1. The van der Waals surface area contributed by atoms with Crippen molar-refractivity contribution >= 4 is 94.2 Å². The van der Waals surface area contributed by atoms with Crippen LogP contribution in [-0.2, 0) is 57.6 Å². The van der Waals surface area contributed by atoms with Gasteiger partial charge >= 0.3 is 0 Å². The zero-order chi connectivity index (χ0) is 57.1. The molecule has 21 nitrogen and oxygen atoms in total. The van der Waals surface area contributed by atoms with Gasteiger partial charge in [0.25, 0.3) is 0 Å². The molecule has 8 amide bonds. The van der Waals surface area contributed by atoms with Gasteiger partial charge in [0, 0.05) is 35.7 Å². The minimum Gasteiger partial charge on any atom is -0.508 e. The number of unbranched alkanes of at least 4 members (excludes halogenated alkanes) is 1.